The van der Waals surface area contributed by atoms with Gasteiger partial charge in [0, 0.05) is 25.0 Å². The summed E-state index contributed by atoms with van der Waals surface area (Å²) in [5.74, 6) is -2.75. The van der Waals surface area contributed by atoms with Gasteiger partial charge in [0.05, 0.1) is 0 Å². The standard InChI is InChI=1S/C20H34N2O6/c1-15(2)19(26)21-14-10-8-6-4-3-5-7-9-11-17(23)22-16(20(27)28)12-13-18(24)25/h16H,1,3-14H2,2H3,(H,21,26)(H,22,23)(H,24,25)(H,27,28)/t16-/m1/s1. The molecule has 0 radical (unpaired) electrons. The van der Waals surface area contributed by atoms with Crippen LogP contribution in [0.5, 0.6) is 0 Å². The third-order valence-electron chi connectivity index (χ3n) is 4.28. The topological polar surface area (TPSA) is 133 Å². The summed E-state index contributed by atoms with van der Waals surface area (Å²) in [6, 6.07) is -1.15. The maximum atomic E-state index is 11.8. The maximum absolute atomic E-state index is 11.8. The minimum atomic E-state index is -1.21. The van der Waals surface area contributed by atoms with Gasteiger partial charge in [-0.25, -0.2) is 4.79 Å². The summed E-state index contributed by atoms with van der Waals surface area (Å²) in [6.45, 7) is 5.94. The number of amides is 2. The Morgan fingerprint density at radius 2 is 1.39 bits per heavy atom. The average Bonchev–Trinajstić information content (AvgIpc) is 2.62. The summed E-state index contributed by atoms with van der Waals surface area (Å²) < 4.78 is 0. The van der Waals surface area contributed by atoms with E-state index in [0.717, 1.165) is 44.9 Å². The summed E-state index contributed by atoms with van der Waals surface area (Å²) in [5.41, 5.74) is 0.521. The van der Waals surface area contributed by atoms with E-state index in [1.54, 1.807) is 6.92 Å². The largest absolute Gasteiger partial charge is 0.481 e. The van der Waals surface area contributed by atoms with Crippen LogP contribution in [0.3, 0.4) is 0 Å². The van der Waals surface area contributed by atoms with Crippen LogP contribution < -0.4 is 10.6 Å². The molecular weight excluding hydrogens is 364 g/mol. The Hall–Kier alpha value is -2.38. The normalized spacial score (nSPS) is 11.5. The first kappa shape index (κ1) is 25.6. The maximum Gasteiger partial charge on any atom is 0.326 e. The molecule has 0 aromatic rings. The number of aliphatic carboxylic acids is 2. The number of carboxylic acid groups (broad SMARTS) is 2. The zero-order valence-electron chi connectivity index (χ0n) is 16.8. The number of carbonyl (C=O) groups is 4. The van der Waals surface area contributed by atoms with Crippen molar-refractivity contribution < 1.29 is 29.4 Å². The van der Waals surface area contributed by atoms with Gasteiger partial charge < -0.3 is 20.8 Å². The minimum Gasteiger partial charge on any atom is -0.481 e. The van der Waals surface area contributed by atoms with Crippen LogP contribution >= 0.6 is 0 Å². The first-order chi connectivity index (χ1) is 13.2. The fourth-order valence-corrected chi connectivity index (χ4v) is 2.62. The Bertz CT molecular complexity index is 533. The van der Waals surface area contributed by atoms with Gasteiger partial charge in [-0.15, -0.1) is 0 Å². The first-order valence-corrected chi connectivity index (χ1v) is 9.91. The molecule has 28 heavy (non-hydrogen) atoms. The molecule has 2 amide bonds. The molecule has 0 spiro atoms. The van der Waals surface area contributed by atoms with Crippen LogP contribution in [0.15, 0.2) is 12.2 Å². The Morgan fingerprint density at radius 1 is 0.857 bits per heavy atom. The number of nitrogens with one attached hydrogen (secondary N) is 2. The number of hydrogen-bond donors (Lipinski definition) is 4. The number of rotatable bonds is 17. The van der Waals surface area contributed by atoms with E-state index in [2.05, 4.69) is 17.2 Å². The van der Waals surface area contributed by atoms with E-state index in [4.69, 9.17) is 10.2 Å². The van der Waals surface area contributed by atoms with Gasteiger partial charge in [-0.2, -0.15) is 0 Å². The van der Waals surface area contributed by atoms with E-state index in [1.807, 2.05) is 0 Å². The minimum absolute atomic E-state index is 0.0967. The summed E-state index contributed by atoms with van der Waals surface area (Å²) in [7, 11) is 0. The van der Waals surface area contributed by atoms with Crippen LogP contribution in [0, 0.1) is 0 Å². The van der Waals surface area contributed by atoms with Crippen molar-refractivity contribution in [3.63, 3.8) is 0 Å². The molecule has 160 valence electrons. The molecule has 1 atom stereocenters. The van der Waals surface area contributed by atoms with Crippen molar-refractivity contribution in [2.75, 3.05) is 6.54 Å². The molecule has 0 aromatic heterocycles. The van der Waals surface area contributed by atoms with E-state index in [0.29, 0.717) is 18.5 Å². The van der Waals surface area contributed by atoms with Crippen molar-refractivity contribution in [3.05, 3.63) is 12.2 Å². The van der Waals surface area contributed by atoms with Crippen LogP contribution in [0.1, 0.15) is 77.6 Å². The molecule has 0 aliphatic heterocycles. The average molecular weight is 399 g/mol. The van der Waals surface area contributed by atoms with E-state index < -0.39 is 18.0 Å². The van der Waals surface area contributed by atoms with Crippen molar-refractivity contribution >= 4 is 23.8 Å². The van der Waals surface area contributed by atoms with Crippen molar-refractivity contribution in [3.8, 4) is 0 Å². The lowest BCUT2D eigenvalue weighted by molar-refractivity contribution is -0.143. The first-order valence-electron chi connectivity index (χ1n) is 9.91. The van der Waals surface area contributed by atoms with Crippen LogP contribution in [0.2, 0.25) is 0 Å². The highest BCUT2D eigenvalue weighted by molar-refractivity contribution is 5.92. The van der Waals surface area contributed by atoms with Crippen molar-refractivity contribution in [1.82, 2.24) is 10.6 Å². The second kappa shape index (κ2) is 15.7. The molecule has 0 fully saturated rings. The number of carboxylic acids is 2. The highest BCUT2D eigenvalue weighted by Gasteiger charge is 2.20. The van der Waals surface area contributed by atoms with Gasteiger partial charge in [-0.1, -0.05) is 45.1 Å². The van der Waals surface area contributed by atoms with Crippen LogP contribution in [-0.4, -0.2) is 46.6 Å². The highest BCUT2D eigenvalue weighted by atomic mass is 16.4. The Morgan fingerprint density at radius 3 is 1.89 bits per heavy atom. The van der Waals surface area contributed by atoms with Gasteiger partial charge in [0.1, 0.15) is 6.04 Å². The molecular formula is C20H34N2O6. The second-order valence-corrected chi connectivity index (χ2v) is 7.01. The monoisotopic (exact) mass is 398 g/mol. The fourth-order valence-electron chi connectivity index (χ4n) is 2.62. The van der Waals surface area contributed by atoms with Gasteiger partial charge in [-0.05, 0) is 26.2 Å². The van der Waals surface area contributed by atoms with Crippen LogP contribution in [-0.2, 0) is 19.2 Å². The third-order valence-corrected chi connectivity index (χ3v) is 4.28. The molecule has 0 heterocycles. The summed E-state index contributed by atoms with van der Waals surface area (Å²) in [6.07, 6.45) is 7.74. The highest BCUT2D eigenvalue weighted by Crippen LogP contribution is 2.10. The van der Waals surface area contributed by atoms with Gasteiger partial charge in [-0.3, -0.25) is 14.4 Å². The van der Waals surface area contributed by atoms with Gasteiger partial charge in [0.2, 0.25) is 11.8 Å². The summed E-state index contributed by atoms with van der Waals surface area (Å²) in [5, 5.41) is 22.8. The summed E-state index contributed by atoms with van der Waals surface area (Å²) in [4.78, 5) is 44.6. The fraction of sp³-hybridized carbons (Fsp3) is 0.700. The Labute approximate surface area is 166 Å². The van der Waals surface area contributed by atoms with Gasteiger partial charge in [0.15, 0.2) is 0 Å². The van der Waals surface area contributed by atoms with Crippen molar-refractivity contribution in [1.29, 1.82) is 0 Å². The van der Waals surface area contributed by atoms with Crippen molar-refractivity contribution in [2.45, 2.75) is 83.6 Å². The molecule has 0 saturated carbocycles. The molecule has 0 aliphatic rings. The van der Waals surface area contributed by atoms with E-state index in [-0.39, 0.29) is 31.1 Å². The third kappa shape index (κ3) is 14.8. The predicted octanol–water partition coefficient (Wildman–Crippen LogP) is 2.62. The molecule has 8 nitrogen and oxygen atoms in total. The lowest BCUT2D eigenvalue weighted by atomic mass is 10.1. The number of unbranched alkanes of at least 4 members (excludes halogenated alkanes) is 7. The van der Waals surface area contributed by atoms with E-state index in [9.17, 15) is 19.2 Å². The zero-order chi connectivity index (χ0) is 21.4. The predicted molar refractivity (Wildman–Crippen MR) is 106 cm³/mol. The molecule has 0 saturated heterocycles. The molecule has 0 aliphatic carbocycles. The molecule has 4 N–H and O–H groups in total. The van der Waals surface area contributed by atoms with Crippen LogP contribution in [0.25, 0.3) is 0 Å². The summed E-state index contributed by atoms with van der Waals surface area (Å²) >= 11 is 0. The van der Waals surface area contributed by atoms with Crippen molar-refractivity contribution in [2.24, 2.45) is 0 Å². The van der Waals surface area contributed by atoms with Gasteiger partial charge in [0.25, 0.3) is 0 Å². The second-order valence-electron chi connectivity index (χ2n) is 7.01. The lowest BCUT2D eigenvalue weighted by Gasteiger charge is -2.13. The SMILES string of the molecule is C=C(C)C(=O)NCCCCCCCCCCC(=O)N[C@H](CCC(=O)O)C(=O)O. The molecule has 0 bridgehead atoms. The number of carbonyl (C=O) groups excluding carboxylic acids is 2. The Balaban J connectivity index is 3.60. The molecule has 0 unspecified atom stereocenters. The van der Waals surface area contributed by atoms with E-state index in [1.165, 1.54) is 0 Å². The lowest BCUT2D eigenvalue weighted by Crippen LogP contribution is -2.41. The van der Waals surface area contributed by atoms with Gasteiger partial charge >= 0.3 is 11.9 Å². The Kier molecular flexibility index (Phi) is 14.3. The van der Waals surface area contributed by atoms with Crippen LogP contribution in [0.4, 0.5) is 0 Å². The molecule has 8 heteroatoms. The smallest absolute Gasteiger partial charge is 0.326 e. The van der Waals surface area contributed by atoms with E-state index >= 15 is 0 Å². The number of hydrogen-bond acceptors (Lipinski definition) is 4. The quantitative estimate of drug-likeness (QED) is 0.220. The zero-order valence-corrected chi connectivity index (χ0v) is 16.8. The molecule has 0 rings (SSSR count). The molecule has 0 aromatic carbocycles.